The van der Waals surface area contributed by atoms with Crippen molar-refractivity contribution in [2.24, 2.45) is 5.10 Å². The minimum Gasteiger partial charge on any atom is -0.369 e. The molecule has 1 fully saturated rings. The van der Waals surface area contributed by atoms with Crippen LogP contribution in [-0.2, 0) is 6.54 Å². The summed E-state index contributed by atoms with van der Waals surface area (Å²) in [5.41, 5.74) is 6.10. The van der Waals surface area contributed by atoms with E-state index in [0.29, 0.717) is 21.2 Å². The number of carbonyl (C=O) groups excluding carboxylic acids is 1. The Morgan fingerprint density at radius 3 is 2.19 bits per heavy atom. The average molecular weight is 467 g/mol. The highest BCUT2D eigenvalue weighted by atomic mass is 35.5. The highest BCUT2D eigenvalue weighted by Crippen LogP contribution is 2.22. The summed E-state index contributed by atoms with van der Waals surface area (Å²) in [6.07, 6.45) is 1.45. The second kappa shape index (κ2) is 10.6. The number of nitrogens with zero attached hydrogens (tertiary/aromatic N) is 3. The Kier molecular flexibility index (Phi) is 7.43. The Morgan fingerprint density at radius 1 is 0.875 bits per heavy atom. The van der Waals surface area contributed by atoms with Crippen molar-refractivity contribution in [3.63, 3.8) is 0 Å². The van der Waals surface area contributed by atoms with Crippen LogP contribution in [0.25, 0.3) is 0 Å². The monoisotopic (exact) mass is 466 g/mol. The van der Waals surface area contributed by atoms with Crippen LogP contribution in [0.15, 0.2) is 77.9 Å². The zero-order valence-corrected chi connectivity index (χ0v) is 19.1. The van der Waals surface area contributed by atoms with Gasteiger partial charge in [0.15, 0.2) is 0 Å². The molecule has 3 aromatic rings. The van der Waals surface area contributed by atoms with Gasteiger partial charge in [0, 0.05) is 49.5 Å². The summed E-state index contributed by atoms with van der Waals surface area (Å²) in [7, 11) is 0. The molecule has 5 nitrogen and oxygen atoms in total. The number of hydrazone groups is 1. The van der Waals surface area contributed by atoms with Crippen molar-refractivity contribution in [2.45, 2.75) is 6.54 Å². The first-order chi connectivity index (χ1) is 15.6. The largest absolute Gasteiger partial charge is 0.369 e. The molecule has 0 atom stereocenters. The Hall–Kier alpha value is -2.86. The first kappa shape index (κ1) is 22.3. The molecular weight excluding hydrogens is 443 g/mol. The van der Waals surface area contributed by atoms with Gasteiger partial charge in [-0.05, 0) is 42.0 Å². The van der Waals surface area contributed by atoms with Gasteiger partial charge >= 0.3 is 0 Å². The number of benzene rings is 3. The van der Waals surface area contributed by atoms with Crippen LogP contribution < -0.4 is 10.3 Å². The number of piperazine rings is 1. The molecule has 0 saturated carbocycles. The smallest absolute Gasteiger partial charge is 0.271 e. The molecule has 1 heterocycles. The van der Waals surface area contributed by atoms with E-state index in [2.05, 4.69) is 44.6 Å². The third-order valence-corrected chi connectivity index (χ3v) is 6.13. The summed E-state index contributed by atoms with van der Waals surface area (Å²) in [5, 5.41) is 4.93. The van der Waals surface area contributed by atoms with Crippen LogP contribution in [0.2, 0.25) is 10.0 Å². The predicted molar refractivity (Wildman–Crippen MR) is 132 cm³/mol. The van der Waals surface area contributed by atoms with Gasteiger partial charge in [0.05, 0.1) is 16.3 Å². The fraction of sp³-hybridized carbons (Fsp3) is 0.200. The number of carbonyl (C=O) groups is 1. The molecule has 1 aliphatic heterocycles. The summed E-state index contributed by atoms with van der Waals surface area (Å²) in [6.45, 7) is 4.91. The van der Waals surface area contributed by atoms with E-state index in [1.165, 1.54) is 17.5 Å². The van der Waals surface area contributed by atoms with Crippen LogP contribution in [0.4, 0.5) is 5.69 Å². The van der Waals surface area contributed by atoms with Gasteiger partial charge < -0.3 is 4.90 Å². The number of anilines is 1. The van der Waals surface area contributed by atoms with Gasteiger partial charge in [-0.25, -0.2) is 5.43 Å². The van der Waals surface area contributed by atoms with Crippen LogP contribution >= 0.6 is 23.2 Å². The van der Waals surface area contributed by atoms with Crippen molar-refractivity contribution in [1.82, 2.24) is 10.3 Å². The summed E-state index contributed by atoms with van der Waals surface area (Å²) in [5.74, 6) is -0.285. The minimum atomic E-state index is -0.285. The lowest BCUT2D eigenvalue weighted by Crippen LogP contribution is -2.45. The molecular formula is C25H24Cl2N4O. The molecule has 0 unspecified atom stereocenters. The van der Waals surface area contributed by atoms with Crippen molar-refractivity contribution in [3.8, 4) is 0 Å². The molecule has 7 heteroatoms. The predicted octanol–water partition coefficient (Wildman–Crippen LogP) is 5.08. The lowest BCUT2D eigenvalue weighted by Gasteiger charge is -2.36. The molecule has 1 saturated heterocycles. The molecule has 1 aliphatic rings. The van der Waals surface area contributed by atoms with Crippen molar-refractivity contribution in [3.05, 3.63) is 99.5 Å². The topological polar surface area (TPSA) is 47.9 Å². The van der Waals surface area contributed by atoms with Gasteiger partial charge in [-0.15, -0.1) is 0 Å². The molecule has 164 valence electrons. The maximum Gasteiger partial charge on any atom is 0.271 e. The Morgan fingerprint density at radius 2 is 1.53 bits per heavy atom. The van der Waals surface area contributed by atoms with Crippen LogP contribution in [0.5, 0.6) is 0 Å². The maximum absolute atomic E-state index is 12.4. The van der Waals surface area contributed by atoms with E-state index in [9.17, 15) is 4.79 Å². The third kappa shape index (κ3) is 5.68. The van der Waals surface area contributed by atoms with E-state index < -0.39 is 0 Å². The van der Waals surface area contributed by atoms with E-state index >= 15 is 0 Å². The van der Waals surface area contributed by atoms with Crippen LogP contribution in [0.3, 0.4) is 0 Å². The molecule has 3 aromatic carbocycles. The zero-order chi connectivity index (χ0) is 22.3. The quantitative estimate of drug-likeness (QED) is 0.406. The second-order valence-electron chi connectivity index (χ2n) is 7.63. The standard InChI is InChI=1S/C25H24Cl2N4O/c26-23-7-4-8-24(27)22(23)17-28-29-25(32)20-11-9-19(10-12-20)18-30-13-15-31(16-14-30)21-5-2-1-3-6-21/h1-12,17H,13-16,18H2,(H,29,32)/b28-17+. The van der Waals surface area contributed by atoms with Gasteiger partial charge in [0.2, 0.25) is 0 Å². The van der Waals surface area contributed by atoms with E-state index in [4.69, 9.17) is 23.2 Å². The van der Waals surface area contributed by atoms with E-state index in [0.717, 1.165) is 32.7 Å². The lowest BCUT2D eigenvalue weighted by molar-refractivity contribution is 0.0955. The highest BCUT2D eigenvalue weighted by molar-refractivity contribution is 6.38. The van der Waals surface area contributed by atoms with Gasteiger partial charge in [0.25, 0.3) is 5.91 Å². The second-order valence-corrected chi connectivity index (χ2v) is 8.44. The number of para-hydroxylation sites is 1. The zero-order valence-electron chi connectivity index (χ0n) is 17.5. The van der Waals surface area contributed by atoms with Crippen LogP contribution in [0.1, 0.15) is 21.5 Å². The summed E-state index contributed by atoms with van der Waals surface area (Å²) < 4.78 is 0. The van der Waals surface area contributed by atoms with E-state index in [1.54, 1.807) is 18.2 Å². The van der Waals surface area contributed by atoms with Gasteiger partial charge in [0.1, 0.15) is 0 Å². The van der Waals surface area contributed by atoms with E-state index in [1.807, 2.05) is 30.3 Å². The first-order valence-electron chi connectivity index (χ1n) is 10.5. The molecule has 0 bridgehead atoms. The fourth-order valence-corrected chi connectivity index (χ4v) is 4.17. The van der Waals surface area contributed by atoms with Crippen molar-refractivity contribution < 1.29 is 4.79 Å². The SMILES string of the molecule is O=C(N/N=C/c1c(Cl)cccc1Cl)c1ccc(CN2CCN(c3ccccc3)CC2)cc1. The molecule has 0 aromatic heterocycles. The van der Waals surface area contributed by atoms with Crippen molar-refractivity contribution in [2.75, 3.05) is 31.1 Å². The summed E-state index contributed by atoms with van der Waals surface area (Å²) >= 11 is 12.2. The van der Waals surface area contributed by atoms with Crippen LogP contribution in [0, 0.1) is 0 Å². The normalized spacial score (nSPS) is 14.6. The molecule has 4 rings (SSSR count). The minimum absolute atomic E-state index is 0.285. The summed E-state index contributed by atoms with van der Waals surface area (Å²) in [4.78, 5) is 17.2. The maximum atomic E-state index is 12.4. The molecule has 0 aliphatic carbocycles. The Balaban J connectivity index is 1.28. The van der Waals surface area contributed by atoms with Gasteiger partial charge in [-0.2, -0.15) is 5.10 Å². The lowest BCUT2D eigenvalue weighted by atomic mass is 10.1. The third-order valence-electron chi connectivity index (χ3n) is 5.48. The highest BCUT2D eigenvalue weighted by Gasteiger charge is 2.17. The molecule has 0 radical (unpaired) electrons. The molecule has 1 N–H and O–H groups in total. The molecule has 0 spiro atoms. The van der Waals surface area contributed by atoms with Gasteiger partial charge in [-0.3, -0.25) is 9.69 Å². The van der Waals surface area contributed by atoms with Crippen LogP contribution in [-0.4, -0.2) is 43.2 Å². The van der Waals surface area contributed by atoms with E-state index in [-0.39, 0.29) is 5.91 Å². The van der Waals surface area contributed by atoms with Crippen molar-refractivity contribution >= 4 is 41.0 Å². The fourth-order valence-electron chi connectivity index (χ4n) is 3.68. The van der Waals surface area contributed by atoms with Crippen molar-refractivity contribution in [1.29, 1.82) is 0 Å². The Labute approximate surface area is 198 Å². The number of nitrogens with one attached hydrogen (secondary N) is 1. The number of rotatable bonds is 6. The number of hydrogen-bond acceptors (Lipinski definition) is 4. The first-order valence-corrected chi connectivity index (χ1v) is 11.2. The average Bonchev–Trinajstić information content (AvgIpc) is 2.82. The Bertz CT molecular complexity index is 1060. The summed E-state index contributed by atoms with van der Waals surface area (Å²) in [6, 6.07) is 23.3. The number of amides is 1. The number of halogens is 2. The number of hydrogen-bond donors (Lipinski definition) is 1. The van der Waals surface area contributed by atoms with Gasteiger partial charge in [-0.1, -0.05) is 59.6 Å². The molecule has 32 heavy (non-hydrogen) atoms. The molecule has 1 amide bonds.